The van der Waals surface area contributed by atoms with Crippen LogP contribution < -0.4 is 11.2 Å². The third kappa shape index (κ3) is 2.02. The van der Waals surface area contributed by atoms with Crippen LogP contribution in [0.15, 0.2) is 12.3 Å². The van der Waals surface area contributed by atoms with Crippen molar-refractivity contribution in [3.05, 3.63) is 17.8 Å². The van der Waals surface area contributed by atoms with E-state index in [-0.39, 0.29) is 18.3 Å². The molecule has 0 aliphatic carbocycles. The summed E-state index contributed by atoms with van der Waals surface area (Å²) in [5.41, 5.74) is 7.25. The third-order valence-electron chi connectivity index (χ3n) is 3.99. The highest BCUT2D eigenvalue weighted by atomic mass is 16.7. The molecular formula is C13H21BN2O2. The normalized spacial score (nSPS) is 21.3. The molecule has 0 unspecified atom stereocenters. The quantitative estimate of drug-likeness (QED) is 0.806. The third-order valence-corrected chi connectivity index (χ3v) is 3.99. The summed E-state index contributed by atoms with van der Waals surface area (Å²) in [5, 5.41) is 0. The van der Waals surface area contributed by atoms with Crippen LogP contribution in [0.2, 0.25) is 0 Å². The summed E-state index contributed by atoms with van der Waals surface area (Å²) in [6.45, 7) is 10.2. The van der Waals surface area contributed by atoms with Gasteiger partial charge in [-0.3, -0.25) is 0 Å². The van der Waals surface area contributed by atoms with Crippen molar-refractivity contribution in [1.29, 1.82) is 0 Å². The summed E-state index contributed by atoms with van der Waals surface area (Å²) in [7, 11) is -0.366. The van der Waals surface area contributed by atoms with Gasteiger partial charge in [-0.05, 0) is 51.2 Å². The summed E-state index contributed by atoms with van der Waals surface area (Å²) in [6.07, 6.45) is 2.52. The van der Waals surface area contributed by atoms with Crippen LogP contribution in [-0.2, 0) is 15.7 Å². The minimum atomic E-state index is -0.366. The van der Waals surface area contributed by atoms with Crippen LogP contribution in [0.4, 0.5) is 5.82 Å². The van der Waals surface area contributed by atoms with Gasteiger partial charge in [0.05, 0.1) is 11.2 Å². The molecule has 1 saturated heterocycles. The first kappa shape index (κ1) is 13.4. The maximum atomic E-state index is 6.04. The minimum Gasteiger partial charge on any atom is -0.399 e. The number of aromatic nitrogens is 1. The van der Waals surface area contributed by atoms with Crippen molar-refractivity contribution < 1.29 is 9.31 Å². The van der Waals surface area contributed by atoms with Crippen LogP contribution in [0.5, 0.6) is 0 Å². The van der Waals surface area contributed by atoms with Crippen LogP contribution >= 0.6 is 0 Å². The van der Waals surface area contributed by atoms with Crippen molar-refractivity contribution in [2.24, 2.45) is 0 Å². The number of hydrogen-bond acceptors (Lipinski definition) is 4. The Morgan fingerprint density at radius 1 is 1.22 bits per heavy atom. The Balaban J connectivity index is 2.38. The second kappa shape index (κ2) is 4.25. The van der Waals surface area contributed by atoms with Crippen LogP contribution in [0, 0.1) is 0 Å². The lowest BCUT2D eigenvalue weighted by atomic mass is 9.76. The molecule has 1 aromatic heterocycles. The number of nitrogens with two attached hydrogens (primary N) is 1. The molecule has 2 N–H and O–H groups in total. The van der Waals surface area contributed by atoms with Crippen molar-refractivity contribution in [3.63, 3.8) is 0 Å². The molecule has 1 fully saturated rings. The molecule has 0 atom stereocenters. The van der Waals surface area contributed by atoms with Crippen molar-refractivity contribution in [2.45, 2.75) is 52.2 Å². The lowest BCUT2D eigenvalue weighted by Crippen LogP contribution is -2.41. The average molecular weight is 248 g/mol. The van der Waals surface area contributed by atoms with Crippen molar-refractivity contribution in [2.75, 3.05) is 5.73 Å². The molecule has 2 rings (SSSR count). The van der Waals surface area contributed by atoms with Crippen molar-refractivity contribution in [3.8, 4) is 0 Å². The molecule has 0 saturated carbocycles. The lowest BCUT2D eigenvalue weighted by molar-refractivity contribution is 0.00578. The standard InChI is InChI=1S/C13H21BN2O2/c1-6-9-10(7-8-16-11(9)15)14-17-12(2,3)13(4,5)18-14/h7-8H,6H2,1-5H3,(H2,15,16). The van der Waals surface area contributed by atoms with Crippen LogP contribution in [0.1, 0.15) is 40.2 Å². The molecule has 5 heteroatoms. The average Bonchev–Trinajstić information content (AvgIpc) is 2.47. The number of rotatable bonds is 2. The van der Waals surface area contributed by atoms with E-state index in [1.807, 2.05) is 33.8 Å². The van der Waals surface area contributed by atoms with E-state index in [0.29, 0.717) is 5.82 Å². The molecule has 4 nitrogen and oxygen atoms in total. The van der Waals surface area contributed by atoms with Gasteiger partial charge in [0.2, 0.25) is 0 Å². The van der Waals surface area contributed by atoms with E-state index < -0.39 is 0 Å². The Kier molecular flexibility index (Phi) is 3.15. The van der Waals surface area contributed by atoms with Gasteiger partial charge in [0.25, 0.3) is 0 Å². The van der Waals surface area contributed by atoms with Gasteiger partial charge in [-0.15, -0.1) is 0 Å². The summed E-state index contributed by atoms with van der Waals surface area (Å²) in [4.78, 5) is 4.12. The van der Waals surface area contributed by atoms with E-state index in [1.54, 1.807) is 6.20 Å². The Hall–Kier alpha value is -1.07. The van der Waals surface area contributed by atoms with Crippen molar-refractivity contribution >= 4 is 18.4 Å². The minimum absolute atomic E-state index is 0.333. The van der Waals surface area contributed by atoms with Gasteiger partial charge in [-0.1, -0.05) is 6.92 Å². The van der Waals surface area contributed by atoms with Gasteiger partial charge < -0.3 is 15.0 Å². The molecule has 1 aliphatic rings. The fourth-order valence-corrected chi connectivity index (χ4v) is 2.10. The van der Waals surface area contributed by atoms with Gasteiger partial charge in [-0.25, -0.2) is 4.98 Å². The van der Waals surface area contributed by atoms with E-state index in [0.717, 1.165) is 17.4 Å². The van der Waals surface area contributed by atoms with E-state index in [1.165, 1.54) is 0 Å². The first-order chi connectivity index (χ1) is 8.28. The monoisotopic (exact) mass is 248 g/mol. The smallest absolute Gasteiger partial charge is 0.399 e. The highest BCUT2D eigenvalue weighted by molar-refractivity contribution is 6.62. The molecule has 1 aliphatic heterocycles. The van der Waals surface area contributed by atoms with Crippen LogP contribution in [-0.4, -0.2) is 23.3 Å². The fraction of sp³-hybridized carbons (Fsp3) is 0.615. The zero-order valence-corrected chi connectivity index (χ0v) is 11.8. The van der Waals surface area contributed by atoms with Gasteiger partial charge in [-0.2, -0.15) is 0 Å². The summed E-state index contributed by atoms with van der Waals surface area (Å²) >= 11 is 0. The summed E-state index contributed by atoms with van der Waals surface area (Å²) in [6, 6.07) is 1.93. The second-order valence-corrected chi connectivity index (χ2v) is 5.71. The van der Waals surface area contributed by atoms with Gasteiger partial charge in [0.1, 0.15) is 5.82 Å². The fourth-order valence-electron chi connectivity index (χ4n) is 2.10. The molecule has 1 aromatic rings. The van der Waals surface area contributed by atoms with Crippen molar-refractivity contribution in [1.82, 2.24) is 4.98 Å². The molecule has 2 heterocycles. The van der Waals surface area contributed by atoms with E-state index in [4.69, 9.17) is 15.0 Å². The predicted molar refractivity (Wildman–Crippen MR) is 73.7 cm³/mol. The van der Waals surface area contributed by atoms with Gasteiger partial charge in [0, 0.05) is 6.20 Å². The highest BCUT2D eigenvalue weighted by Crippen LogP contribution is 2.36. The number of nitrogens with zero attached hydrogens (tertiary/aromatic N) is 1. The number of anilines is 1. The topological polar surface area (TPSA) is 57.4 Å². The Morgan fingerprint density at radius 2 is 1.78 bits per heavy atom. The number of hydrogen-bond donors (Lipinski definition) is 1. The van der Waals surface area contributed by atoms with Crippen LogP contribution in [0.25, 0.3) is 0 Å². The number of pyridine rings is 1. The van der Waals surface area contributed by atoms with E-state index in [2.05, 4.69) is 11.9 Å². The van der Waals surface area contributed by atoms with Crippen LogP contribution in [0.3, 0.4) is 0 Å². The maximum absolute atomic E-state index is 6.04. The molecular weight excluding hydrogens is 227 g/mol. The van der Waals surface area contributed by atoms with E-state index >= 15 is 0 Å². The largest absolute Gasteiger partial charge is 0.495 e. The molecule has 0 bridgehead atoms. The number of nitrogen functional groups attached to an aromatic ring is 1. The highest BCUT2D eigenvalue weighted by Gasteiger charge is 2.52. The Bertz CT molecular complexity index is 444. The molecule has 98 valence electrons. The molecule has 0 radical (unpaired) electrons. The molecule has 0 amide bonds. The maximum Gasteiger partial charge on any atom is 0.495 e. The summed E-state index contributed by atoms with van der Waals surface area (Å²) < 4.78 is 12.1. The SMILES string of the molecule is CCc1c(B2OC(C)(C)C(C)(C)O2)ccnc1N. The van der Waals surface area contributed by atoms with E-state index in [9.17, 15) is 0 Å². The predicted octanol–water partition coefficient (Wildman–Crippen LogP) is 1.53. The first-order valence-corrected chi connectivity index (χ1v) is 6.37. The molecule has 18 heavy (non-hydrogen) atoms. The molecule has 0 aromatic carbocycles. The Labute approximate surface area is 109 Å². The second-order valence-electron chi connectivity index (χ2n) is 5.71. The Morgan fingerprint density at radius 3 is 2.28 bits per heavy atom. The summed E-state index contributed by atoms with van der Waals surface area (Å²) in [5.74, 6) is 0.560. The zero-order valence-electron chi connectivity index (χ0n) is 11.8. The first-order valence-electron chi connectivity index (χ1n) is 6.37. The zero-order chi connectivity index (χ0) is 13.6. The molecule has 0 spiro atoms. The van der Waals surface area contributed by atoms with Gasteiger partial charge in [0.15, 0.2) is 0 Å². The van der Waals surface area contributed by atoms with Gasteiger partial charge >= 0.3 is 7.12 Å². The lowest BCUT2D eigenvalue weighted by Gasteiger charge is -2.32.